The highest BCUT2D eigenvalue weighted by Gasteiger charge is 2.37. The van der Waals surface area contributed by atoms with E-state index in [1.54, 1.807) is 0 Å². The summed E-state index contributed by atoms with van der Waals surface area (Å²) in [7, 11) is 0. The zero-order valence-electron chi connectivity index (χ0n) is 10.8. The second kappa shape index (κ2) is 5.40. The molecule has 0 bridgehead atoms. The molecule has 0 saturated carbocycles. The van der Waals surface area contributed by atoms with E-state index in [1.807, 2.05) is 6.92 Å². The second-order valence-corrected chi connectivity index (χ2v) is 4.55. The number of hydrogen-bond donors (Lipinski definition) is 1. The van der Waals surface area contributed by atoms with Gasteiger partial charge in [0, 0.05) is 12.2 Å². The van der Waals surface area contributed by atoms with Crippen LogP contribution in [0.25, 0.3) is 0 Å². The number of rotatable bonds is 3. The molecule has 3 nitrogen and oxygen atoms in total. The highest BCUT2D eigenvalue weighted by atomic mass is 19.4. The SMILES string of the molecule is CCNC1CCN(c2ccc(F)c(C(F)(F)F)c2)C1=O. The Morgan fingerprint density at radius 2 is 2.10 bits per heavy atom. The third-order valence-electron chi connectivity index (χ3n) is 3.22. The highest BCUT2D eigenvalue weighted by Crippen LogP contribution is 2.34. The van der Waals surface area contributed by atoms with Crippen LogP contribution in [0.2, 0.25) is 0 Å². The second-order valence-electron chi connectivity index (χ2n) is 4.55. The van der Waals surface area contributed by atoms with Gasteiger partial charge in [-0.3, -0.25) is 4.79 Å². The van der Waals surface area contributed by atoms with Crippen molar-refractivity contribution in [2.45, 2.75) is 25.6 Å². The molecule has 0 aromatic heterocycles. The van der Waals surface area contributed by atoms with Gasteiger partial charge in [0.05, 0.1) is 11.6 Å². The first kappa shape index (κ1) is 14.8. The molecule has 0 aliphatic carbocycles. The summed E-state index contributed by atoms with van der Waals surface area (Å²) in [6.45, 7) is 2.76. The van der Waals surface area contributed by atoms with Gasteiger partial charge >= 0.3 is 6.18 Å². The standard InChI is InChI=1S/C13H14F4N2O/c1-2-18-11-5-6-19(12(11)20)8-3-4-10(14)9(7-8)13(15,16)17/h3-4,7,11,18H,2,5-6H2,1H3. The Morgan fingerprint density at radius 1 is 1.40 bits per heavy atom. The van der Waals surface area contributed by atoms with Gasteiger partial charge in [0.15, 0.2) is 0 Å². The maximum absolute atomic E-state index is 13.2. The number of hydrogen-bond acceptors (Lipinski definition) is 2. The first-order valence-electron chi connectivity index (χ1n) is 6.26. The highest BCUT2D eigenvalue weighted by molar-refractivity contribution is 5.99. The fourth-order valence-corrected chi connectivity index (χ4v) is 2.27. The number of likely N-dealkylation sites (N-methyl/N-ethyl adjacent to an activating group) is 1. The molecule has 1 atom stereocenters. The smallest absolute Gasteiger partial charge is 0.311 e. The molecule has 7 heteroatoms. The van der Waals surface area contributed by atoms with E-state index in [-0.39, 0.29) is 17.6 Å². The van der Waals surface area contributed by atoms with Crippen LogP contribution in [-0.2, 0) is 11.0 Å². The van der Waals surface area contributed by atoms with Crippen molar-refractivity contribution in [2.75, 3.05) is 18.0 Å². The van der Waals surface area contributed by atoms with E-state index in [9.17, 15) is 22.4 Å². The Balaban J connectivity index is 2.29. The Hall–Kier alpha value is -1.63. The van der Waals surface area contributed by atoms with Gasteiger partial charge in [0.1, 0.15) is 5.82 Å². The van der Waals surface area contributed by atoms with Crippen molar-refractivity contribution in [2.24, 2.45) is 0 Å². The van der Waals surface area contributed by atoms with Gasteiger partial charge < -0.3 is 10.2 Å². The summed E-state index contributed by atoms with van der Waals surface area (Å²) < 4.78 is 51.2. The molecule has 2 rings (SSSR count). The summed E-state index contributed by atoms with van der Waals surface area (Å²) in [5.41, 5.74) is -1.28. The summed E-state index contributed by atoms with van der Waals surface area (Å²) in [6, 6.07) is 2.23. The van der Waals surface area contributed by atoms with E-state index in [0.29, 0.717) is 25.6 Å². The maximum atomic E-state index is 13.2. The zero-order chi connectivity index (χ0) is 14.9. The van der Waals surface area contributed by atoms with Gasteiger partial charge in [0.2, 0.25) is 5.91 Å². The average Bonchev–Trinajstić information content (AvgIpc) is 2.71. The number of amides is 1. The number of carbonyl (C=O) groups is 1. The lowest BCUT2D eigenvalue weighted by Gasteiger charge is -2.19. The first-order chi connectivity index (χ1) is 9.34. The number of nitrogens with zero attached hydrogens (tertiary/aromatic N) is 1. The van der Waals surface area contributed by atoms with Gasteiger partial charge in [-0.15, -0.1) is 0 Å². The molecule has 1 unspecified atom stereocenters. The Bertz CT molecular complexity index is 516. The van der Waals surface area contributed by atoms with Gasteiger partial charge in [-0.05, 0) is 31.2 Å². The minimum Gasteiger partial charge on any atom is -0.311 e. The van der Waals surface area contributed by atoms with Gasteiger partial charge in [-0.2, -0.15) is 13.2 Å². The Kier molecular flexibility index (Phi) is 3.99. The van der Waals surface area contributed by atoms with Crippen molar-refractivity contribution in [1.82, 2.24) is 5.32 Å². The van der Waals surface area contributed by atoms with Crippen molar-refractivity contribution in [3.63, 3.8) is 0 Å². The largest absolute Gasteiger partial charge is 0.419 e. The molecule has 1 N–H and O–H groups in total. The van der Waals surface area contributed by atoms with Crippen LogP contribution in [0.4, 0.5) is 23.2 Å². The normalized spacial score (nSPS) is 19.8. The number of anilines is 1. The molecular weight excluding hydrogens is 276 g/mol. The molecule has 110 valence electrons. The van der Waals surface area contributed by atoms with Crippen molar-refractivity contribution < 1.29 is 22.4 Å². The first-order valence-corrected chi connectivity index (χ1v) is 6.26. The van der Waals surface area contributed by atoms with E-state index in [1.165, 1.54) is 11.0 Å². The topological polar surface area (TPSA) is 32.3 Å². The third kappa shape index (κ3) is 2.77. The number of halogens is 4. The Morgan fingerprint density at radius 3 is 2.70 bits per heavy atom. The number of benzene rings is 1. The van der Waals surface area contributed by atoms with Crippen molar-refractivity contribution in [3.05, 3.63) is 29.6 Å². The van der Waals surface area contributed by atoms with Gasteiger partial charge in [0.25, 0.3) is 0 Å². The Labute approximate surface area is 113 Å². The molecule has 1 aliphatic rings. The van der Waals surface area contributed by atoms with Crippen molar-refractivity contribution in [1.29, 1.82) is 0 Å². The van der Waals surface area contributed by atoms with Crippen LogP contribution in [-0.4, -0.2) is 25.0 Å². The van der Waals surface area contributed by atoms with E-state index in [0.717, 1.165) is 6.07 Å². The lowest BCUT2D eigenvalue weighted by Crippen LogP contribution is -2.38. The minimum atomic E-state index is -4.77. The molecule has 0 spiro atoms. The van der Waals surface area contributed by atoms with Crippen molar-refractivity contribution in [3.8, 4) is 0 Å². The summed E-state index contributed by atoms with van der Waals surface area (Å²) in [6.07, 6.45) is -4.25. The molecule has 1 saturated heterocycles. The van der Waals surface area contributed by atoms with E-state index >= 15 is 0 Å². The summed E-state index contributed by atoms with van der Waals surface area (Å²) >= 11 is 0. The van der Waals surface area contributed by atoms with Crippen molar-refractivity contribution >= 4 is 11.6 Å². The molecule has 0 radical (unpaired) electrons. The number of alkyl halides is 3. The molecule has 1 fully saturated rings. The lowest BCUT2D eigenvalue weighted by molar-refractivity contribution is -0.140. The van der Waals surface area contributed by atoms with Crippen LogP contribution >= 0.6 is 0 Å². The molecule has 1 heterocycles. The molecule has 1 aromatic rings. The summed E-state index contributed by atoms with van der Waals surface area (Å²) in [5, 5.41) is 2.96. The third-order valence-corrected chi connectivity index (χ3v) is 3.22. The zero-order valence-corrected chi connectivity index (χ0v) is 10.8. The van der Waals surface area contributed by atoms with E-state index in [4.69, 9.17) is 0 Å². The number of carbonyl (C=O) groups excluding carboxylic acids is 1. The molecule has 20 heavy (non-hydrogen) atoms. The van der Waals surface area contributed by atoms with Crippen LogP contribution in [0.3, 0.4) is 0 Å². The van der Waals surface area contributed by atoms with E-state index in [2.05, 4.69) is 5.32 Å². The molecule has 1 aromatic carbocycles. The summed E-state index contributed by atoms with van der Waals surface area (Å²) in [4.78, 5) is 13.3. The minimum absolute atomic E-state index is 0.0733. The maximum Gasteiger partial charge on any atom is 0.419 e. The monoisotopic (exact) mass is 290 g/mol. The average molecular weight is 290 g/mol. The quantitative estimate of drug-likeness (QED) is 0.868. The molecule has 1 amide bonds. The van der Waals surface area contributed by atoms with Crippen LogP contribution in [0.15, 0.2) is 18.2 Å². The fraction of sp³-hybridized carbons (Fsp3) is 0.462. The summed E-state index contributed by atoms with van der Waals surface area (Å²) in [5.74, 6) is -1.62. The van der Waals surface area contributed by atoms with Crippen LogP contribution in [0, 0.1) is 5.82 Å². The molecule has 1 aliphatic heterocycles. The van der Waals surface area contributed by atoms with Gasteiger partial charge in [-0.25, -0.2) is 4.39 Å². The van der Waals surface area contributed by atoms with E-state index < -0.39 is 17.6 Å². The van der Waals surface area contributed by atoms with Crippen LogP contribution in [0.1, 0.15) is 18.9 Å². The predicted molar refractivity (Wildman–Crippen MR) is 65.8 cm³/mol. The van der Waals surface area contributed by atoms with Gasteiger partial charge in [-0.1, -0.05) is 6.92 Å². The number of nitrogens with one attached hydrogen (secondary N) is 1. The van der Waals surface area contributed by atoms with Crippen LogP contribution < -0.4 is 10.2 Å². The molecular formula is C13H14F4N2O. The van der Waals surface area contributed by atoms with Crippen LogP contribution in [0.5, 0.6) is 0 Å². The lowest BCUT2D eigenvalue weighted by atomic mass is 10.1. The predicted octanol–water partition coefficient (Wildman–Crippen LogP) is 2.56. The fourth-order valence-electron chi connectivity index (χ4n) is 2.27.